The molecule has 18 nitrogen and oxygen atoms in total. The highest BCUT2D eigenvalue weighted by atomic mass is 16.8. The number of hydrogen-bond acceptors (Lipinski definition) is 18. The van der Waals surface area contributed by atoms with Gasteiger partial charge in [-0.1, -0.05) is 0 Å². The van der Waals surface area contributed by atoms with Gasteiger partial charge in [0.2, 0.25) is 16.9 Å². The highest BCUT2D eigenvalue weighted by molar-refractivity contribution is 5.91. The molecule has 10 atom stereocenters. The fourth-order valence-electron chi connectivity index (χ4n) is 5.88. The van der Waals surface area contributed by atoms with Crippen LogP contribution in [-0.2, 0) is 9.47 Å². The lowest BCUT2D eigenvalue weighted by molar-refractivity contribution is -0.396. The number of ether oxygens (including phenoxy) is 6. The number of aromatic hydroxyl groups is 2. The van der Waals surface area contributed by atoms with E-state index in [-0.39, 0.29) is 28.4 Å². The molecule has 1 aromatic heterocycles. The zero-order chi connectivity index (χ0) is 35.2. The standard InChI is InChI=1S/C30H36O18/c1-42-12-5-4-10(6-11(12)33)25-27(21(37)17-13(45-25)7-14(43-2)26(44-3)20(17)36)48-30(28(41)23(39)19(35)16(9-32)47-30)29-24(40)22(38)18(34)15(8-31)46-29/h4-7,15-16,18-19,22-24,28-29,31-36,38-41H,8-9H2,1-3H3/t15-,16-,18+,19-,22+,23-,24-,28-,29-,30-/m0/s1. The molecule has 2 saturated heterocycles. The maximum absolute atomic E-state index is 14.4. The molecule has 0 radical (unpaired) electrons. The first-order valence-electron chi connectivity index (χ1n) is 14.4. The lowest BCUT2D eigenvalue weighted by atomic mass is 9.83. The van der Waals surface area contributed by atoms with E-state index >= 15 is 0 Å². The van der Waals surface area contributed by atoms with Gasteiger partial charge in [0.15, 0.2) is 41.0 Å². The van der Waals surface area contributed by atoms with Crippen molar-refractivity contribution >= 4 is 11.0 Å². The zero-order valence-corrected chi connectivity index (χ0v) is 25.7. The molecule has 0 saturated carbocycles. The molecule has 2 fully saturated rings. The predicted octanol–water partition coefficient (Wildman–Crippen LogP) is -2.71. The van der Waals surface area contributed by atoms with Gasteiger partial charge in [-0.15, -0.1) is 0 Å². The molecule has 264 valence electrons. The van der Waals surface area contributed by atoms with E-state index in [1.165, 1.54) is 39.5 Å². The molecule has 0 unspecified atom stereocenters. The van der Waals surface area contributed by atoms with E-state index in [2.05, 4.69) is 0 Å². The summed E-state index contributed by atoms with van der Waals surface area (Å²) in [5.74, 6) is -6.06. The predicted molar refractivity (Wildman–Crippen MR) is 158 cm³/mol. The van der Waals surface area contributed by atoms with Crippen molar-refractivity contribution in [3.63, 3.8) is 0 Å². The number of aliphatic hydroxyl groups is 8. The van der Waals surface area contributed by atoms with Crippen LogP contribution in [-0.4, -0.2) is 146 Å². The van der Waals surface area contributed by atoms with Gasteiger partial charge in [-0.25, -0.2) is 0 Å². The minimum Gasteiger partial charge on any atom is -0.504 e. The molecule has 48 heavy (non-hydrogen) atoms. The van der Waals surface area contributed by atoms with Gasteiger partial charge in [0.05, 0.1) is 34.5 Å². The molecule has 2 aliphatic heterocycles. The van der Waals surface area contributed by atoms with E-state index in [1.54, 1.807) is 0 Å². The summed E-state index contributed by atoms with van der Waals surface area (Å²) in [4.78, 5) is 14.4. The Morgan fingerprint density at radius 2 is 1.42 bits per heavy atom. The molecule has 3 aromatic rings. The van der Waals surface area contributed by atoms with Crippen LogP contribution in [0.15, 0.2) is 33.5 Å². The Kier molecular flexibility index (Phi) is 9.96. The Bertz CT molecular complexity index is 1690. The average molecular weight is 685 g/mol. The van der Waals surface area contributed by atoms with Gasteiger partial charge in [0, 0.05) is 11.6 Å². The monoisotopic (exact) mass is 684 g/mol. The van der Waals surface area contributed by atoms with Gasteiger partial charge in [-0.2, -0.15) is 0 Å². The van der Waals surface area contributed by atoms with Gasteiger partial charge in [-0.05, 0) is 18.2 Å². The number of methoxy groups -OCH3 is 3. The molecule has 18 heteroatoms. The summed E-state index contributed by atoms with van der Waals surface area (Å²) >= 11 is 0. The third-order valence-corrected chi connectivity index (χ3v) is 8.43. The summed E-state index contributed by atoms with van der Waals surface area (Å²) in [6.45, 7) is -1.98. The van der Waals surface area contributed by atoms with Crippen molar-refractivity contribution in [3.8, 4) is 45.8 Å². The zero-order valence-electron chi connectivity index (χ0n) is 25.7. The minimum atomic E-state index is -3.06. The maximum atomic E-state index is 14.4. The van der Waals surface area contributed by atoms with Crippen LogP contribution in [0.25, 0.3) is 22.3 Å². The fraction of sp³-hybridized carbons (Fsp3) is 0.500. The van der Waals surface area contributed by atoms with Crippen LogP contribution < -0.4 is 24.4 Å². The lowest BCUT2D eigenvalue weighted by Gasteiger charge is -2.54. The summed E-state index contributed by atoms with van der Waals surface area (Å²) in [5, 5.41) is 106. The number of benzene rings is 2. The molecular formula is C30H36O18. The van der Waals surface area contributed by atoms with Crippen molar-refractivity contribution < 1.29 is 83.9 Å². The minimum absolute atomic E-state index is 0.0140. The number of hydrogen-bond donors (Lipinski definition) is 10. The van der Waals surface area contributed by atoms with Crippen LogP contribution in [0.3, 0.4) is 0 Å². The van der Waals surface area contributed by atoms with E-state index in [0.717, 1.165) is 6.07 Å². The Balaban J connectivity index is 1.85. The summed E-state index contributed by atoms with van der Waals surface area (Å²) < 4.78 is 39.1. The van der Waals surface area contributed by atoms with Gasteiger partial charge in [0.1, 0.15) is 53.7 Å². The number of fused-ring (bicyclic) bond motifs is 1. The third-order valence-electron chi connectivity index (χ3n) is 8.43. The van der Waals surface area contributed by atoms with Crippen LogP contribution >= 0.6 is 0 Å². The lowest BCUT2D eigenvalue weighted by Crippen LogP contribution is -2.77. The Morgan fingerprint density at radius 3 is 2.00 bits per heavy atom. The highest BCUT2D eigenvalue weighted by Gasteiger charge is 2.65. The maximum Gasteiger partial charge on any atom is 0.269 e. The quantitative estimate of drug-likeness (QED) is 0.110. The second kappa shape index (κ2) is 13.5. The van der Waals surface area contributed by atoms with Crippen LogP contribution in [0.2, 0.25) is 0 Å². The SMILES string of the molecule is COc1ccc(-c2oc3cc(OC)c(OC)c(O)c3c(=O)c2O[C@@]2([C@H]3O[C@@H](CO)[C@@H](O)[C@@H](O)[C@@H]3O)O[C@@H](CO)[C@H](O)[C@H](O)[C@@H]2O)cc1O. The molecule has 0 bridgehead atoms. The molecule has 3 heterocycles. The third kappa shape index (κ3) is 5.54. The van der Waals surface area contributed by atoms with Crippen LogP contribution in [0.1, 0.15) is 0 Å². The molecule has 2 aromatic carbocycles. The van der Waals surface area contributed by atoms with Crippen molar-refractivity contribution in [2.75, 3.05) is 34.5 Å². The molecule has 0 amide bonds. The normalized spacial score (nSPS) is 32.2. The number of phenols is 2. The van der Waals surface area contributed by atoms with E-state index in [9.17, 15) is 55.9 Å². The van der Waals surface area contributed by atoms with E-state index in [0.29, 0.717) is 0 Å². The Morgan fingerprint density at radius 1 is 0.771 bits per heavy atom. The van der Waals surface area contributed by atoms with Crippen LogP contribution in [0, 0.1) is 0 Å². The Hall–Kier alpha value is -3.95. The molecule has 10 N–H and O–H groups in total. The molecule has 0 spiro atoms. The second-order valence-corrected chi connectivity index (χ2v) is 11.1. The molecule has 5 rings (SSSR count). The van der Waals surface area contributed by atoms with Crippen LogP contribution in [0.5, 0.6) is 34.5 Å². The average Bonchev–Trinajstić information content (AvgIpc) is 3.08. The molecule has 2 aliphatic rings. The summed E-state index contributed by atoms with van der Waals surface area (Å²) in [7, 11) is 3.72. The highest BCUT2D eigenvalue weighted by Crippen LogP contribution is 2.47. The first-order valence-corrected chi connectivity index (χ1v) is 14.4. The smallest absolute Gasteiger partial charge is 0.269 e. The van der Waals surface area contributed by atoms with Crippen molar-refractivity contribution in [3.05, 3.63) is 34.5 Å². The topological polar surface area (TPSA) is 288 Å². The number of phenolic OH excluding ortho intramolecular Hbond substituents is 2. The van der Waals surface area contributed by atoms with E-state index in [1.807, 2.05) is 0 Å². The fourth-order valence-corrected chi connectivity index (χ4v) is 5.88. The molecular weight excluding hydrogens is 648 g/mol. The first-order chi connectivity index (χ1) is 22.8. The second-order valence-electron chi connectivity index (χ2n) is 11.1. The number of rotatable bonds is 9. The van der Waals surface area contributed by atoms with Crippen molar-refractivity contribution in [1.82, 2.24) is 0 Å². The molecule has 0 aliphatic carbocycles. The summed E-state index contributed by atoms with van der Waals surface area (Å²) in [5.41, 5.74) is -1.57. The largest absolute Gasteiger partial charge is 0.504 e. The van der Waals surface area contributed by atoms with E-state index in [4.69, 9.17) is 32.8 Å². The van der Waals surface area contributed by atoms with Gasteiger partial charge in [0.25, 0.3) is 5.79 Å². The van der Waals surface area contributed by atoms with Crippen molar-refractivity contribution in [1.29, 1.82) is 0 Å². The van der Waals surface area contributed by atoms with Gasteiger partial charge >= 0.3 is 0 Å². The van der Waals surface area contributed by atoms with Crippen LogP contribution in [0.4, 0.5) is 0 Å². The van der Waals surface area contributed by atoms with E-state index < -0.39 is 108 Å². The van der Waals surface area contributed by atoms with Gasteiger partial charge < -0.3 is 83.9 Å². The van der Waals surface area contributed by atoms with Gasteiger partial charge in [-0.3, -0.25) is 4.79 Å². The van der Waals surface area contributed by atoms with Crippen molar-refractivity contribution in [2.45, 2.75) is 60.7 Å². The first kappa shape index (κ1) is 35.4. The summed E-state index contributed by atoms with van der Waals surface area (Å²) in [6.07, 6.45) is -18.5. The van der Waals surface area contributed by atoms with Crippen molar-refractivity contribution in [2.24, 2.45) is 0 Å². The summed E-state index contributed by atoms with van der Waals surface area (Å²) in [6, 6.07) is 4.92. The number of aliphatic hydroxyl groups excluding tert-OH is 8. The Labute approximate surface area is 270 Å².